The molecule has 0 fully saturated rings. The lowest BCUT2D eigenvalue weighted by Crippen LogP contribution is -1.98. The van der Waals surface area contributed by atoms with Crippen LogP contribution in [0.4, 0.5) is 0 Å². The Morgan fingerprint density at radius 1 is 1.09 bits per heavy atom. The van der Waals surface area contributed by atoms with Gasteiger partial charge in [-0.1, -0.05) is 25.1 Å². The first-order chi connectivity index (χ1) is 11.2. The van der Waals surface area contributed by atoms with E-state index in [0.29, 0.717) is 11.6 Å². The quantitative estimate of drug-likeness (QED) is 0.717. The van der Waals surface area contributed by atoms with Gasteiger partial charge in [0.05, 0.1) is 0 Å². The normalized spacial score (nSPS) is 12.2. The number of hydrogen-bond acceptors (Lipinski definition) is 5. The zero-order chi connectivity index (χ0) is 16.2. The van der Waals surface area contributed by atoms with Gasteiger partial charge in [-0.05, 0) is 36.1 Å². The van der Waals surface area contributed by atoms with Gasteiger partial charge in [0.15, 0.2) is 0 Å². The number of para-hydroxylation sites is 1. The third-order valence-corrected chi connectivity index (χ3v) is 4.58. The summed E-state index contributed by atoms with van der Waals surface area (Å²) < 4.78 is 5.67. The molecule has 0 saturated carbocycles. The monoisotopic (exact) mass is 327 g/mol. The highest BCUT2D eigenvalue weighted by Gasteiger charge is 2.22. The molecule has 0 spiro atoms. The molecule has 0 aliphatic rings. The fraction of sp³-hybridized carbons (Fsp3) is 0.167. The number of oxazole rings is 1. The van der Waals surface area contributed by atoms with Crippen molar-refractivity contribution in [1.29, 1.82) is 0 Å². The van der Waals surface area contributed by atoms with Crippen LogP contribution in [0.2, 0.25) is 0 Å². The first-order valence-corrected chi connectivity index (χ1v) is 8.38. The molecule has 1 heterocycles. The standard InChI is InChI=1S/C18H17NO3S/c1-2-23-17(14-5-3-4-6-16(14)21)18-19-15(11-22-18)12-7-9-13(20)10-8-12/h3-11,17,20-21H,2H2,1H3. The van der Waals surface area contributed by atoms with Gasteiger partial charge in [0.2, 0.25) is 5.89 Å². The van der Waals surface area contributed by atoms with E-state index in [0.717, 1.165) is 16.9 Å². The van der Waals surface area contributed by atoms with Gasteiger partial charge in [0.1, 0.15) is 28.7 Å². The van der Waals surface area contributed by atoms with E-state index in [1.165, 1.54) is 0 Å². The first-order valence-electron chi connectivity index (χ1n) is 7.33. The molecule has 1 unspecified atom stereocenters. The van der Waals surface area contributed by atoms with Crippen LogP contribution in [-0.4, -0.2) is 20.9 Å². The number of phenols is 2. The maximum Gasteiger partial charge on any atom is 0.212 e. The second-order valence-electron chi connectivity index (χ2n) is 5.01. The van der Waals surface area contributed by atoms with Crippen molar-refractivity contribution < 1.29 is 14.6 Å². The lowest BCUT2D eigenvalue weighted by Gasteiger charge is -2.13. The average molecular weight is 327 g/mol. The van der Waals surface area contributed by atoms with Crippen LogP contribution in [0.1, 0.15) is 23.6 Å². The molecule has 2 aromatic carbocycles. The van der Waals surface area contributed by atoms with Crippen LogP contribution in [0.5, 0.6) is 11.5 Å². The summed E-state index contributed by atoms with van der Waals surface area (Å²) in [5.74, 6) is 1.88. The minimum Gasteiger partial charge on any atom is -0.508 e. The number of nitrogens with zero attached hydrogens (tertiary/aromatic N) is 1. The zero-order valence-corrected chi connectivity index (χ0v) is 13.5. The van der Waals surface area contributed by atoms with Gasteiger partial charge in [0, 0.05) is 11.1 Å². The zero-order valence-electron chi connectivity index (χ0n) is 12.6. The van der Waals surface area contributed by atoms with Crippen molar-refractivity contribution in [3.8, 4) is 22.8 Å². The molecule has 0 saturated heterocycles. The molecule has 4 nitrogen and oxygen atoms in total. The number of phenolic OH excluding ortho intramolecular Hbond substituents is 2. The molecule has 1 atom stereocenters. The highest BCUT2D eigenvalue weighted by atomic mass is 32.2. The summed E-state index contributed by atoms with van der Waals surface area (Å²) in [6.07, 6.45) is 1.60. The van der Waals surface area contributed by atoms with Crippen LogP contribution in [0.15, 0.2) is 59.2 Å². The molecule has 1 aromatic heterocycles. The van der Waals surface area contributed by atoms with Gasteiger partial charge in [-0.25, -0.2) is 4.98 Å². The van der Waals surface area contributed by atoms with E-state index in [1.807, 2.05) is 12.1 Å². The molecule has 0 bridgehead atoms. The Balaban J connectivity index is 1.95. The fourth-order valence-corrected chi connectivity index (χ4v) is 3.31. The largest absolute Gasteiger partial charge is 0.508 e. The number of aromatic hydroxyl groups is 2. The van der Waals surface area contributed by atoms with Gasteiger partial charge in [0.25, 0.3) is 0 Å². The summed E-state index contributed by atoms with van der Waals surface area (Å²) in [5.41, 5.74) is 2.37. The van der Waals surface area contributed by atoms with E-state index in [2.05, 4.69) is 11.9 Å². The SMILES string of the molecule is CCSC(c1nc(-c2ccc(O)cc2)co1)c1ccccc1O. The van der Waals surface area contributed by atoms with E-state index in [4.69, 9.17) is 4.42 Å². The van der Waals surface area contributed by atoms with E-state index in [-0.39, 0.29) is 16.7 Å². The first kappa shape index (κ1) is 15.5. The van der Waals surface area contributed by atoms with Crippen molar-refractivity contribution in [2.45, 2.75) is 12.2 Å². The molecule has 2 N–H and O–H groups in total. The minimum atomic E-state index is -0.160. The molecule has 0 aliphatic heterocycles. The summed E-state index contributed by atoms with van der Waals surface area (Å²) in [4.78, 5) is 4.57. The fourth-order valence-electron chi connectivity index (χ4n) is 2.34. The minimum absolute atomic E-state index is 0.160. The summed E-state index contributed by atoms with van der Waals surface area (Å²) >= 11 is 1.65. The molecular weight excluding hydrogens is 310 g/mol. The lowest BCUT2D eigenvalue weighted by molar-refractivity contribution is 0.460. The van der Waals surface area contributed by atoms with Crippen LogP contribution in [0.25, 0.3) is 11.3 Å². The van der Waals surface area contributed by atoms with Crippen LogP contribution < -0.4 is 0 Å². The van der Waals surface area contributed by atoms with Gasteiger partial charge in [-0.2, -0.15) is 0 Å². The number of benzene rings is 2. The third kappa shape index (κ3) is 3.35. The Labute approximate surface area is 138 Å². The van der Waals surface area contributed by atoms with Gasteiger partial charge < -0.3 is 14.6 Å². The second kappa shape index (κ2) is 6.79. The molecule has 118 valence electrons. The van der Waals surface area contributed by atoms with Crippen LogP contribution >= 0.6 is 11.8 Å². The summed E-state index contributed by atoms with van der Waals surface area (Å²) in [5, 5.41) is 19.3. The van der Waals surface area contributed by atoms with Crippen LogP contribution in [-0.2, 0) is 0 Å². The van der Waals surface area contributed by atoms with Crippen molar-refractivity contribution in [3.63, 3.8) is 0 Å². The van der Waals surface area contributed by atoms with Crippen molar-refractivity contribution >= 4 is 11.8 Å². The molecular formula is C18H17NO3S. The molecule has 0 amide bonds. The Kier molecular flexibility index (Phi) is 4.57. The van der Waals surface area contributed by atoms with E-state index in [9.17, 15) is 10.2 Å². The molecule has 3 rings (SSSR count). The number of thioether (sulfide) groups is 1. The van der Waals surface area contributed by atoms with E-state index in [1.54, 1.807) is 54.4 Å². The molecule has 3 aromatic rings. The topological polar surface area (TPSA) is 66.5 Å². The summed E-state index contributed by atoms with van der Waals surface area (Å²) in [6.45, 7) is 2.06. The summed E-state index contributed by atoms with van der Waals surface area (Å²) in [6, 6.07) is 14.1. The number of rotatable bonds is 5. The Morgan fingerprint density at radius 2 is 1.83 bits per heavy atom. The molecule has 0 aliphatic carbocycles. The Bertz CT molecular complexity index is 783. The van der Waals surface area contributed by atoms with Crippen LogP contribution in [0, 0.1) is 0 Å². The van der Waals surface area contributed by atoms with Crippen molar-refractivity contribution in [2.24, 2.45) is 0 Å². The number of aromatic nitrogens is 1. The molecule has 5 heteroatoms. The predicted molar refractivity (Wildman–Crippen MR) is 91.7 cm³/mol. The maximum atomic E-state index is 10.1. The van der Waals surface area contributed by atoms with Gasteiger partial charge in [-0.15, -0.1) is 11.8 Å². The smallest absolute Gasteiger partial charge is 0.212 e. The third-order valence-electron chi connectivity index (χ3n) is 3.46. The van der Waals surface area contributed by atoms with Gasteiger partial charge in [-0.3, -0.25) is 0 Å². The Hall–Kier alpha value is -2.40. The average Bonchev–Trinajstić information content (AvgIpc) is 3.04. The second-order valence-corrected chi connectivity index (χ2v) is 6.39. The highest BCUT2D eigenvalue weighted by Crippen LogP contribution is 2.39. The lowest BCUT2D eigenvalue weighted by atomic mass is 10.1. The van der Waals surface area contributed by atoms with Gasteiger partial charge >= 0.3 is 0 Å². The van der Waals surface area contributed by atoms with Crippen molar-refractivity contribution in [3.05, 3.63) is 66.2 Å². The van der Waals surface area contributed by atoms with E-state index < -0.39 is 0 Å². The predicted octanol–water partition coefficient (Wildman–Crippen LogP) is 4.60. The van der Waals surface area contributed by atoms with Crippen molar-refractivity contribution in [2.75, 3.05) is 5.75 Å². The molecule has 0 radical (unpaired) electrons. The maximum absolute atomic E-state index is 10.1. The van der Waals surface area contributed by atoms with Crippen LogP contribution in [0.3, 0.4) is 0 Å². The highest BCUT2D eigenvalue weighted by molar-refractivity contribution is 7.99. The Morgan fingerprint density at radius 3 is 2.52 bits per heavy atom. The van der Waals surface area contributed by atoms with E-state index >= 15 is 0 Å². The number of hydrogen-bond donors (Lipinski definition) is 2. The van der Waals surface area contributed by atoms with Crippen molar-refractivity contribution in [1.82, 2.24) is 4.98 Å². The molecule has 23 heavy (non-hydrogen) atoms. The summed E-state index contributed by atoms with van der Waals surface area (Å²) in [7, 11) is 0.